The number of carbonyl (C=O) groups excluding carboxylic acids is 4. The molecule has 2 saturated heterocycles. The van der Waals surface area contributed by atoms with Gasteiger partial charge in [-0.25, -0.2) is 0 Å². The summed E-state index contributed by atoms with van der Waals surface area (Å²) >= 11 is 0. The number of carbonyl (C=O) groups is 4. The zero-order valence-electron chi connectivity index (χ0n) is 16.8. The third-order valence-electron chi connectivity index (χ3n) is 7.47. The zero-order chi connectivity index (χ0) is 21.0. The molecule has 0 aromatic heterocycles. The van der Waals surface area contributed by atoms with Crippen molar-refractivity contribution in [2.45, 2.75) is 62.6 Å². The van der Waals surface area contributed by atoms with E-state index < -0.39 is 23.3 Å². The van der Waals surface area contributed by atoms with Crippen LogP contribution in [0.15, 0.2) is 24.3 Å². The average Bonchev–Trinajstić information content (AvgIpc) is 3.32. The standard InChI is InChI=1S/C22H26N4O4/c23-16(27)11-10-15-17-18(20(29)26(19(17)28)12-6-2-1-3-7-12)22(25-15)13-8-4-5-9-14(13)24-21(22)30/h4-5,8-9,12,15,17-18,25H,1-3,6-7,10-11H2,(H2,23,27)(H,24,30)/p+1/t15-,17-,18+,22-/m1/s1. The summed E-state index contributed by atoms with van der Waals surface area (Å²) in [7, 11) is 0. The van der Waals surface area contributed by atoms with Gasteiger partial charge in [0.15, 0.2) is 0 Å². The average molecular weight is 411 g/mol. The predicted molar refractivity (Wildman–Crippen MR) is 107 cm³/mol. The molecule has 3 heterocycles. The fourth-order valence-corrected chi connectivity index (χ4v) is 6.21. The number of imide groups is 1. The number of anilines is 1. The molecule has 1 aromatic rings. The number of fused-ring (bicyclic) bond motifs is 4. The van der Waals surface area contributed by atoms with Gasteiger partial charge in [0.25, 0.3) is 5.91 Å². The number of likely N-dealkylation sites (tertiary alicyclic amines) is 1. The van der Waals surface area contributed by atoms with Crippen LogP contribution in [0.2, 0.25) is 0 Å². The van der Waals surface area contributed by atoms with E-state index in [1.54, 1.807) is 0 Å². The summed E-state index contributed by atoms with van der Waals surface area (Å²) in [6.07, 6.45) is 5.25. The number of hydrogen-bond donors (Lipinski definition) is 3. The van der Waals surface area contributed by atoms with E-state index in [9.17, 15) is 19.2 Å². The number of amides is 4. The van der Waals surface area contributed by atoms with E-state index in [2.05, 4.69) is 5.32 Å². The first-order valence-corrected chi connectivity index (χ1v) is 10.9. The van der Waals surface area contributed by atoms with Crippen molar-refractivity contribution in [1.82, 2.24) is 4.90 Å². The van der Waals surface area contributed by atoms with Crippen molar-refractivity contribution in [2.75, 3.05) is 5.32 Å². The fraction of sp³-hybridized carbons (Fsp3) is 0.545. The van der Waals surface area contributed by atoms with Crippen LogP contribution in [0.4, 0.5) is 5.69 Å². The third-order valence-corrected chi connectivity index (χ3v) is 7.47. The van der Waals surface area contributed by atoms with E-state index >= 15 is 0 Å². The fourth-order valence-electron chi connectivity index (χ4n) is 6.21. The van der Waals surface area contributed by atoms with Crippen LogP contribution in [-0.2, 0) is 24.7 Å². The van der Waals surface area contributed by atoms with Crippen LogP contribution in [-0.4, -0.2) is 40.6 Å². The summed E-state index contributed by atoms with van der Waals surface area (Å²) in [6, 6.07) is 6.94. The first-order chi connectivity index (χ1) is 14.4. The Hall–Kier alpha value is -2.74. The van der Waals surface area contributed by atoms with Crippen LogP contribution < -0.4 is 16.4 Å². The predicted octanol–water partition coefficient (Wildman–Crippen LogP) is -0.0210. The number of nitrogens with one attached hydrogen (secondary N) is 1. The Morgan fingerprint density at radius 1 is 1.13 bits per heavy atom. The van der Waals surface area contributed by atoms with Gasteiger partial charge in [-0.2, -0.15) is 0 Å². The van der Waals surface area contributed by atoms with Crippen molar-refractivity contribution in [2.24, 2.45) is 17.6 Å². The highest BCUT2D eigenvalue weighted by atomic mass is 16.2. The summed E-state index contributed by atoms with van der Waals surface area (Å²) in [5, 5.41) is 4.78. The Bertz CT molecular complexity index is 941. The largest absolute Gasteiger partial charge is 0.370 e. The van der Waals surface area contributed by atoms with Crippen molar-refractivity contribution in [3.8, 4) is 0 Å². The number of nitrogens with zero attached hydrogens (tertiary/aromatic N) is 1. The van der Waals surface area contributed by atoms with Gasteiger partial charge in [0.05, 0.1) is 5.69 Å². The second-order valence-corrected chi connectivity index (χ2v) is 9.05. The van der Waals surface area contributed by atoms with Gasteiger partial charge in [0.1, 0.15) is 17.9 Å². The van der Waals surface area contributed by atoms with Crippen molar-refractivity contribution >= 4 is 29.3 Å². The topological polar surface area (TPSA) is 126 Å². The maximum absolute atomic E-state index is 13.7. The van der Waals surface area contributed by atoms with Crippen LogP contribution in [0.5, 0.6) is 0 Å². The number of hydrogen-bond acceptors (Lipinski definition) is 4. The number of quaternary nitrogens is 1. The Morgan fingerprint density at radius 2 is 1.87 bits per heavy atom. The molecule has 0 bridgehead atoms. The molecule has 0 unspecified atom stereocenters. The molecule has 1 aliphatic carbocycles. The SMILES string of the molecule is NC(=O)CC[C@H]1[NH2+][C@@]2(C(=O)Nc3ccccc32)[C@@H]2C(=O)N(C3CCCCC3)C(=O)[C@@H]21. The lowest BCUT2D eigenvalue weighted by molar-refractivity contribution is -0.734. The summed E-state index contributed by atoms with van der Waals surface area (Å²) in [4.78, 5) is 53.5. The molecule has 4 amide bonds. The minimum Gasteiger partial charge on any atom is -0.370 e. The molecule has 5 N–H and O–H groups in total. The second kappa shape index (κ2) is 6.91. The van der Waals surface area contributed by atoms with E-state index in [0.29, 0.717) is 12.1 Å². The summed E-state index contributed by atoms with van der Waals surface area (Å²) in [5.74, 6) is -2.49. The first kappa shape index (κ1) is 19.2. The summed E-state index contributed by atoms with van der Waals surface area (Å²) in [5.41, 5.74) is 5.63. The highest BCUT2D eigenvalue weighted by Gasteiger charge is 2.74. The van der Waals surface area contributed by atoms with Crippen molar-refractivity contribution < 1.29 is 24.5 Å². The molecule has 1 aromatic carbocycles. The van der Waals surface area contributed by atoms with Crippen LogP contribution in [0.1, 0.15) is 50.5 Å². The molecule has 0 radical (unpaired) electrons. The maximum Gasteiger partial charge on any atom is 0.291 e. The molecular formula is C22H27N4O4+. The smallest absolute Gasteiger partial charge is 0.291 e. The Labute approximate surface area is 174 Å². The monoisotopic (exact) mass is 411 g/mol. The quantitative estimate of drug-likeness (QED) is 0.602. The molecule has 3 aliphatic heterocycles. The van der Waals surface area contributed by atoms with Crippen molar-refractivity contribution in [3.05, 3.63) is 29.8 Å². The van der Waals surface area contributed by atoms with Gasteiger partial charge >= 0.3 is 0 Å². The van der Waals surface area contributed by atoms with Gasteiger partial charge < -0.3 is 16.4 Å². The molecule has 8 nitrogen and oxygen atoms in total. The summed E-state index contributed by atoms with van der Waals surface area (Å²) < 4.78 is 0. The number of rotatable bonds is 4. The van der Waals surface area contributed by atoms with Crippen LogP contribution >= 0.6 is 0 Å². The Balaban J connectivity index is 1.59. The van der Waals surface area contributed by atoms with Crippen LogP contribution in [0.25, 0.3) is 0 Å². The maximum atomic E-state index is 13.7. The van der Waals surface area contributed by atoms with Crippen LogP contribution in [0.3, 0.4) is 0 Å². The van der Waals surface area contributed by atoms with Crippen molar-refractivity contribution in [1.29, 1.82) is 0 Å². The third kappa shape index (κ3) is 2.56. The van der Waals surface area contributed by atoms with Gasteiger partial charge in [-0.3, -0.25) is 24.1 Å². The second-order valence-electron chi connectivity index (χ2n) is 9.05. The van der Waals surface area contributed by atoms with Crippen LogP contribution in [0, 0.1) is 11.8 Å². The Morgan fingerprint density at radius 3 is 2.60 bits per heavy atom. The molecule has 30 heavy (non-hydrogen) atoms. The number of para-hydroxylation sites is 1. The molecule has 4 aliphatic rings. The Kier molecular flexibility index (Phi) is 4.43. The van der Waals surface area contributed by atoms with E-state index in [1.807, 2.05) is 29.6 Å². The first-order valence-electron chi connectivity index (χ1n) is 10.9. The molecule has 1 spiro atoms. The molecular weight excluding hydrogens is 384 g/mol. The number of benzene rings is 1. The lowest BCUT2D eigenvalue weighted by Gasteiger charge is -2.32. The number of nitrogens with two attached hydrogens (primary N) is 2. The minimum atomic E-state index is -1.17. The molecule has 1 saturated carbocycles. The normalized spacial score (nSPS) is 33.1. The highest BCUT2D eigenvalue weighted by Crippen LogP contribution is 2.50. The minimum absolute atomic E-state index is 0.0853. The molecule has 4 atom stereocenters. The molecule has 8 heteroatoms. The molecule has 3 fully saturated rings. The molecule has 5 rings (SSSR count). The summed E-state index contributed by atoms with van der Waals surface area (Å²) in [6.45, 7) is 0. The van der Waals surface area contributed by atoms with Gasteiger partial charge in [-0.05, 0) is 18.9 Å². The number of primary amides is 1. The van der Waals surface area contributed by atoms with E-state index in [-0.39, 0.29) is 36.2 Å². The molecule has 158 valence electrons. The van der Waals surface area contributed by atoms with E-state index in [4.69, 9.17) is 5.73 Å². The highest BCUT2D eigenvalue weighted by molar-refractivity contribution is 6.14. The van der Waals surface area contributed by atoms with Gasteiger partial charge in [-0.15, -0.1) is 0 Å². The van der Waals surface area contributed by atoms with Gasteiger partial charge in [0.2, 0.25) is 23.3 Å². The van der Waals surface area contributed by atoms with Gasteiger partial charge in [-0.1, -0.05) is 37.5 Å². The zero-order valence-corrected chi connectivity index (χ0v) is 16.8. The van der Waals surface area contributed by atoms with E-state index in [1.165, 1.54) is 4.90 Å². The van der Waals surface area contributed by atoms with Gasteiger partial charge in [0, 0.05) is 24.4 Å². The lowest BCUT2D eigenvalue weighted by Crippen LogP contribution is -2.99. The van der Waals surface area contributed by atoms with Crippen molar-refractivity contribution in [3.63, 3.8) is 0 Å². The van der Waals surface area contributed by atoms with E-state index in [0.717, 1.165) is 37.7 Å². The lowest BCUT2D eigenvalue weighted by atomic mass is 9.76.